The van der Waals surface area contributed by atoms with Gasteiger partial charge in [0.05, 0.1) is 0 Å². The summed E-state index contributed by atoms with van der Waals surface area (Å²) in [4.78, 5) is 12.3. The fourth-order valence-corrected chi connectivity index (χ4v) is 2.64. The van der Waals surface area contributed by atoms with E-state index < -0.39 is 0 Å². The Morgan fingerprint density at radius 3 is 2.64 bits per heavy atom. The lowest BCUT2D eigenvalue weighted by molar-refractivity contribution is 0.0943. The number of carbonyl (C=O) groups excluding carboxylic acids is 1. The molecule has 22 heavy (non-hydrogen) atoms. The molecule has 1 heterocycles. The van der Waals surface area contributed by atoms with Gasteiger partial charge >= 0.3 is 0 Å². The van der Waals surface area contributed by atoms with Crippen molar-refractivity contribution in [3.05, 3.63) is 70.6 Å². The number of fused-ring (bicyclic) bond motifs is 1. The van der Waals surface area contributed by atoms with Crippen molar-refractivity contribution >= 4 is 28.4 Å². The minimum atomic E-state index is -0.293. The van der Waals surface area contributed by atoms with E-state index in [-0.39, 0.29) is 11.7 Å². The van der Waals surface area contributed by atoms with Crippen molar-refractivity contribution in [2.45, 2.75) is 6.54 Å². The van der Waals surface area contributed by atoms with Crippen molar-refractivity contribution in [3.63, 3.8) is 0 Å². The Hall–Kier alpha value is -2.33. The van der Waals surface area contributed by atoms with Gasteiger partial charge in [0.2, 0.25) is 0 Å². The lowest BCUT2D eigenvalue weighted by atomic mass is 10.2. The zero-order chi connectivity index (χ0) is 15.7. The number of hydrogen-bond acceptors (Lipinski definition) is 1. The molecule has 0 fully saturated rings. The molecule has 2 aromatic carbocycles. The molecule has 0 saturated carbocycles. The summed E-state index contributed by atoms with van der Waals surface area (Å²) in [6.07, 6.45) is 0. The Morgan fingerprint density at radius 1 is 1.23 bits per heavy atom. The van der Waals surface area contributed by atoms with Gasteiger partial charge in [0, 0.05) is 29.5 Å². The third-order valence-corrected chi connectivity index (χ3v) is 3.96. The highest BCUT2D eigenvalue weighted by Crippen LogP contribution is 2.26. The van der Waals surface area contributed by atoms with Crippen LogP contribution in [-0.2, 0) is 13.6 Å². The van der Waals surface area contributed by atoms with E-state index in [1.165, 1.54) is 12.1 Å². The number of nitrogens with zero attached hydrogens (tertiary/aromatic N) is 1. The molecule has 1 amide bonds. The van der Waals surface area contributed by atoms with Gasteiger partial charge in [-0.05, 0) is 35.9 Å². The van der Waals surface area contributed by atoms with Gasteiger partial charge in [-0.1, -0.05) is 29.8 Å². The molecule has 5 heteroatoms. The van der Waals surface area contributed by atoms with Crippen LogP contribution < -0.4 is 5.32 Å². The Kier molecular flexibility index (Phi) is 3.86. The first kappa shape index (κ1) is 14.6. The van der Waals surface area contributed by atoms with E-state index >= 15 is 0 Å². The second kappa shape index (κ2) is 5.81. The van der Waals surface area contributed by atoms with Gasteiger partial charge in [0.15, 0.2) is 0 Å². The fraction of sp³-hybridized carbons (Fsp3) is 0.118. The summed E-state index contributed by atoms with van der Waals surface area (Å²) in [5, 5.41) is 4.29. The van der Waals surface area contributed by atoms with E-state index in [1.807, 2.05) is 19.2 Å². The van der Waals surface area contributed by atoms with Crippen LogP contribution in [0, 0.1) is 5.82 Å². The van der Waals surface area contributed by atoms with E-state index in [0.717, 1.165) is 16.5 Å². The molecule has 0 spiro atoms. The maximum atomic E-state index is 12.9. The van der Waals surface area contributed by atoms with E-state index in [0.29, 0.717) is 17.3 Å². The van der Waals surface area contributed by atoms with E-state index in [1.54, 1.807) is 28.8 Å². The van der Waals surface area contributed by atoms with E-state index in [2.05, 4.69) is 5.32 Å². The summed E-state index contributed by atoms with van der Waals surface area (Å²) >= 11 is 6.15. The van der Waals surface area contributed by atoms with Crippen LogP contribution in [0.4, 0.5) is 4.39 Å². The standard InChI is InChI=1S/C17H14ClFN2O/c1-21-15-4-2-3-14(18)13(15)9-16(21)17(22)20-10-11-5-7-12(19)8-6-11/h2-9H,10H2,1H3,(H,20,22). The second-order valence-electron chi connectivity index (χ2n) is 5.07. The quantitative estimate of drug-likeness (QED) is 0.781. The highest BCUT2D eigenvalue weighted by atomic mass is 35.5. The first-order valence-corrected chi connectivity index (χ1v) is 7.20. The van der Waals surface area contributed by atoms with Crippen LogP contribution in [0.1, 0.15) is 16.1 Å². The van der Waals surface area contributed by atoms with Crippen LogP contribution in [0.2, 0.25) is 5.02 Å². The summed E-state index contributed by atoms with van der Waals surface area (Å²) in [7, 11) is 1.82. The van der Waals surface area contributed by atoms with Crippen molar-refractivity contribution in [2.75, 3.05) is 0 Å². The van der Waals surface area contributed by atoms with Crippen molar-refractivity contribution in [3.8, 4) is 0 Å². The largest absolute Gasteiger partial charge is 0.347 e. The molecule has 3 nitrogen and oxygen atoms in total. The Bertz CT molecular complexity index is 840. The number of nitrogens with one attached hydrogen (secondary N) is 1. The third kappa shape index (κ3) is 2.70. The summed E-state index contributed by atoms with van der Waals surface area (Å²) in [6.45, 7) is 0.342. The van der Waals surface area contributed by atoms with Gasteiger partial charge in [-0.25, -0.2) is 4.39 Å². The van der Waals surface area contributed by atoms with Crippen molar-refractivity contribution in [1.29, 1.82) is 0 Å². The minimum Gasteiger partial charge on any atom is -0.347 e. The van der Waals surface area contributed by atoms with Crippen molar-refractivity contribution < 1.29 is 9.18 Å². The zero-order valence-corrected chi connectivity index (χ0v) is 12.7. The molecule has 0 unspecified atom stereocenters. The SMILES string of the molecule is Cn1c(C(=O)NCc2ccc(F)cc2)cc2c(Cl)cccc21. The summed E-state index contributed by atoms with van der Waals surface area (Å²) in [6, 6.07) is 13.4. The Labute approximate surface area is 132 Å². The lowest BCUT2D eigenvalue weighted by Gasteiger charge is -2.06. The number of hydrogen-bond donors (Lipinski definition) is 1. The Balaban J connectivity index is 1.82. The van der Waals surface area contributed by atoms with Crippen molar-refractivity contribution in [1.82, 2.24) is 9.88 Å². The average Bonchev–Trinajstić information content (AvgIpc) is 2.85. The van der Waals surface area contributed by atoms with Crippen LogP contribution in [0.3, 0.4) is 0 Å². The van der Waals surface area contributed by atoms with Crippen LogP contribution in [-0.4, -0.2) is 10.5 Å². The molecule has 0 saturated heterocycles. The molecule has 0 aliphatic heterocycles. The topological polar surface area (TPSA) is 34.0 Å². The third-order valence-electron chi connectivity index (χ3n) is 3.63. The lowest BCUT2D eigenvalue weighted by Crippen LogP contribution is -2.24. The molecule has 112 valence electrons. The van der Waals surface area contributed by atoms with E-state index in [4.69, 9.17) is 11.6 Å². The molecular weight excluding hydrogens is 303 g/mol. The van der Waals surface area contributed by atoms with E-state index in [9.17, 15) is 9.18 Å². The maximum Gasteiger partial charge on any atom is 0.268 e. The summed E-state index contributed by atoms with van der Waals surface area (Å²) in [5.41, 5.74) is 2.27. The molecule has 3 rings (SSSR count). The molecule has 0 aliphatic rings. The first-order valence-electron chi connectivity index (χ1n) is 6.83. The number of carbonyl (C=O) groups is 1. The summed E-state index contributed by atoms with van der Waals surface area (Å²) < 4.78 is 14.7. The second-order valence-corrected chi connectivity index (χ2v) is 5.48. The average molecular weight is 317 g/mol. The highest BCUT2D eigenvalue weighted by molar-refractivity contribution is 6.35. The van der Waals surface area contributed by atoms with Gasteiger partial charge < -0.3 is 9.88 Å². The molecule has 1 N–H and O–H groups in total. The first-order chi connectivity index (χ1) is 10.6. The zero-order valence-electron chi connectivity index (χ0n) is 11.9. The van der Waals surface area contributed by atoms with Crippen LogP contribution in [0.25, 0.3) is 10.9 Å². The van der Waals surface area contributed by atoms with Crippen molar-refractivity contribution in [2.24, 2.45) is 7.05 Å². The molecular formula is C17H14ClFN2O. The normalized spacial score (nSPS) is 10.9. The number of amides is 1. The van der Waals surface area contributed by atoms with Crippen LogP contribution in [0.15, 0.2) is 48.5 Å². The van der Waals surface area contributed by atoms with Gasteiger partial charge in [-0.3, -0.25) is 4.79 Å². The molecule has 0 atom stereocenters. The van der Waals surface area contributed by atoms with Crippen LogP contribution >= 0.6 is 11.6 Å². The fourth-order valence-electron chi connectivity index (χ4n) is 2.42. The predicted octanol–water partition coefficient (Wildman–Crippen LogP) is 3.90. The molecule has 0 aliphatic carbocycles. The van der Waals surface area contributed by atoms with Crippen LogP contribution in [0.5, 0.6) is 0 Å². The monoisotopic (exact) mass is 316 g/mol. The van der Waals surface area contributed by atoms with Gasteiger partial charge in [0.25, 0.3) is 5.91 Å². The predicted molar refractivity (Wildman–Crippen MR) is 85.5 cm³/mol. The van der Waals surface area contributed by atoms with Gasteiger partial charge in [-0.2, -0.15) is 0 Å². The number of benzene rings is 2. The molecule has 0 radical (unpaired) electrons. The molecule has 1 aromatic heterocycles. The summed E-state index contributed by atoms with van der Waals surface area (Å²) in [5.74, 6) is -0.488. The smallest absolute Gasteiger partial charge is 0.268 e. The highest BCUT2D eigenvalue weighted by Gasteiger charge is 2.14. The molecule has 3 aromatic rings. The number of rotatable bonds is 3. The number of aromatic nitrogens is 1. The molecule has 0 bridgehead atoms. The Morgan fingerprint density at radius 2 is 1.95 bits per heavy atom. The minimum absolute atomic E-state index is 0.195. The van der Waals surface area contributed by atoms with Gasteiger partial charge in [-0.15, -0.1) is 0 Å². The number of aryl methyl sites for hydroxylation is 1. The van der Waals surface area contributed by atoms with Gasteiger partial charge in [0.1, 0.15) is 11.5 Å². The maximum absolute atomic E-state index is 12.9. The number of halogens is 2.